The van der Waals surface area contributed by atoms with Gasteiger partial charge in [0.05, 0.1) is 5.56 Å². The Balaban J connectivity index is 1.82. The molecule has 1 saturated carbocycles. The van der Waals surface area contributed by atoms with Crippen LogP contribution in [-0.2, 0) is 6.18 Å². The maximum absolute atomic E-state index is 12.6. The molecule has 1 aromatic carbocycles. The van der Waals surface area contributed by atoms with Gasteiger partial charge in [-0.25, -0.2) is 4.39 Å². The summed E-state index contributed by atoms with van der Waals surface area (Å²) in [6.07, 6.45) is 5.45. The molecule has 22 heavy (non-hydrogen) atoms. The fourth-order valence-electron chi connectivity index (χ4n) is 3.24. The number of alkyl halides is 4. The number of hydrogen-bond donors (Lipinski definition) is 0. The molecular weight excluding hydrogens is 292 g/mol. The highest BCUT2D eigenvalue weighted by molar-refractivity contribution is 5.27. The summed E-state index contributed by atoms with van der Waals surface area (Å²) >= 11 is 0. The highest BCUT2D eigenvalue weighted by Gasteiger charge is 2.30. The molecule has 122 valence electrons. The summed E-state index contributed by atoms with van der Waals surface area (Å²) in [7, 11) is 0. The van der Waals surface area contributed by atoms with Gasteiger partial charge in [-0.05, 0) is 68.1 Å². The van der Waals surface area contributed by atoms with E-state index in [2.05, 4.69) is 0 Å². The van der Waals surface area contributed by atoms with E-state index in [-0.39, 0.29) is 0 Å². The van der Waals surface area contributed by atoms with Crippen LogP contribution in [-0.4, -0.2) is 6.67 Å². The fraction of sp³-hybridized carbons (Fsp3) is 0.556. The molecule has 0 heterocycles. The van der Waals surface area contributed by atoms with Gasteiger partial charge in [-0.2, -0.15) is 13.2 Å². The molecule has 2 rings (SSSR count). The van der Waals surface area contributed by atoms with Gasteiger partial charge in [-0.3, -0.25) is 0 Å². The number of benzene rings is 1. The van der Waals surface area contributed by atoms with Crippen LogP contribution in [0.2, 0.25) is 0 Å². The van der Waals surface area contributed by atoms with E-state index in [1.165, 1.54) is 12.1 Å². The Bertz CT molecular complexity index is 465. The molecule has 0 unspecified atom stereocenters. The van der Waals surface area contributed by atoms with Gasteiger partial charge in [0.2, 0.25) is 0 Å². The second-order valence-corrected chi connectivity index (χ2v) is 6.04. The monoisotopic (exact) mass is 314 g/mol. The zero-order valence-corrected chi connectivity index (χ0v) is 12.6. The van der Waals surface area contributed by atoms with E-state index < -0.39 is 18.4 Å². The molecule has 0 saturated heterocycles. The maximum atomic E-state index is 12.6. The van der Waals surface area contributed by atoms with Crippen molar-refractivity contribution in [1.82, 2.24) is 0 Å². The van der Waals surface area contributed by atoms with Gasteiger partial charge < -0.3 is 0 Å². The molecule has 0 spiro atoms. The first kappa shape index (κ1) is 17.0. The molecule has 0 N–H and O–H groups in total. The lowest BCUT2D eigenvalue weighted by atomic mass is 9.77. The van der Waals surface area contributed by atoms with Gasteiger partial charge in [-0.1, -0.05) is 24.3 Å². The standard InChI is InChI=1S/C18H22F4/c19-13-3-1-2-4-14-5-7-15(8-6-14)16-9-11-17(12-10-16)18(20,21)22/h1,3,9-12,14-15H,2,4-8,13H2/b3-1+. The molecule has 0 aliphatic heterocycles. The molecule has 0 amide bonds. The van der Waals surface area contributed by atoms with Crippen molar-refractivity contribution in [2.24, 2.45) is 5.92 Å². The third kappa shape index (κ3) is 4.85. The van der Waals surface area contributed by atoms with Crippen molar-refractivity contribution in [1.29, 1.82) is 0 Å². The molecule has 1 aliphatic carbocycles. The lowest BCUT2D eigenvalue weighted by molar-refractivity contribution is -0.137. The number of rotatable bonds is 5. The van der Waals surface area contributed by atoms with Gasteiger partial charge in [0.15, 0.2) is 0 Å². The summed E-state index contributed by atoms with van der Waals surface area (Å²) in [4.78, 5) is 0. The van der Waals surface area contributed by atoms with E-state index in [0.717, 1.165) is 44.1 Å². The summed E-state index contributed by atoms with van der Waals surface area (Å²) < 4.78 is 49.6. The van der Waals surface area contributed by atoms with Crippen LogP contribution in [0.25, 0.3) is 0 Å². The number of halogens is 4. The lowest BCUT2D eigenvalue weighted by Gasteiger charge is -2.28. The van der Waals surface area contributed by atoms with E-state index in [1.807, 2.05) is 6.08 Å². The second kappa shape index (κ2) is 7.80. The lowest BCUT2D eigenvalue weighted by Crippen LogP contribution is -2.13. The third-order valence-corrected chi connectivity index (χ3v) is 4.55. The van der Waals surface area contributed by atoms with Gasteiger partial charge in [0, 0.05) is 0 Å². The van der Waals surface area contributed by atoms with Gasteiger partial charge in [0.1, 0.15) is 6.67 Å². The zero-order valence-electron chi connectivity index (χ0n) is 12.6. The molecule has 1 aliphatic rings. The Labute approximate surface area is 129 Å². The average molecular weight is 314 g/mol. The highest BCUT2D eigenvalue weighted by Crippen LogP contribution is 2.38. The minimum atomic E-state index is -4.26. The quantitative estimate of drug-likeness (QED) is 0.443. The Hall–Kier alpha value is -1.32. The van der Waals surface area contributed by atoms with Crippen LogP contribution in [0.3, 0.4) is 0 Å². The van der Waals surface area contributed by atoms with Crippen molar-refractivity contribution in [3.8, 4) is 0 Å². The molecular formula is C18H22F4. The van der Waals surface area contributed by atoms with Crippen molar-refractivity contribution < 1.29 is 17.6 Å². The topological polar surface area (TPSA) is 0 Å². The van der Waals surface area contributed by atoms with Crippen LogP contribution >= 0.6 is 0 Å². The summed E-state index contributed by atoms with van der Waals surface area (Å²) in [5.74, 6) is 1.04. The van der Waals surface area contributed by atoms with Gasteiger partial charge >= 0.3 is 6.18 Å². The van der Waals surface area contributed by atoms with E-state index in [0.29, 0.717) is 11.8 Å². The van der Waals surface area contributed by atoms with Crippen LogP contribution in [0.5, 0.6) is 0 Å². The van der Waals surface area contributed by atoms with Crippen molar-refractivity contribution >= 4 is 0 Å². The number of allylic oxidation sites excluding steroid dienone is 2. The van der Waals surface area contributed by atoms with E-state index >= 15 is 0 Å². The van der Waals surface area contributed by atoms with E-state index in [4.69, 9.17) is 0 Å². The van der Waals surface area contributed by atoms with E-state index in [1.54, 1.807) is 18.2 Å². The smallest absolute Gasteiger partial charge is 0.247 e. The van der Waals surface area contributed by atoms with Crippen LogP contribution in [0.4, 0.5) is 17.6 Å². The maximum Gasteiger partial charge on any atom is 0.416 e. The molecule has 1 aromatic rings. The van der Waals surface area contributed by atoms with Gasteiger partial charge in [0.25, 0.3) is 0 Å². The molecule has 0 nitrogen and oxygen atoms in total. The molecule has 0 radical (unpaired) electrons. The van der Waals surface area contributed by atoms with Crippen molar-refractivity contribution in [3.63, 3.8) is 0 Å². The van der Waals surface area contributed by atoms with Crippen LogP contribution in [0.15, 0.2) is 36.4 Å². The Morgan fingerprint density at radius 3 is 2.14 bits per heavy atom. The van der Waals surface area contributed by atoms with Crippen molar-refractivity contribution in [2.75, 3.05) is 6.67 Å². The van der Waals surface area contributed by atoms with Gasteiger partial charge in [-0.15, -0.1) is 0 Å². The predicted molar refractivity (Wildman–Crippen MR) is 80.5 cm³/mol. The number of hydrogen-bond acceptors (Lipinski definition) is 0. The molecule has 0 atom stereocenters. The minimum Gasteiger partial charge on any atom is -0.247 e. The average Bonchev–Trinajstić information content (AvgIpc) is 2.51. The summed E-state index contributed by atoms with van der Waals surface area (Å²) in [6, 6.07) is 5.61. The first-order chi connectivity index (χ1) is 10.5. The zero-order chi connectivity index (χ0) is 16.0. The summed E-state index contributed by atoms with van der Waals surface area (Å²) in [6.45, 7) is -0.402. The molecule has 1 fully saturated rings. The van der Waals surface area contributed by atoms with Crippen LogP contribution < -0.4 is 0 Å². The van der Waals surface area contributed by atoms with E-state index in [9.17, 15) is 17.6 Å². The highest BCUT2D eigenvalue weighted by atomic mass is 19.4. The Morgan fingerprint density at radius 1 is 0.955 bits per heavy atom. The Kier molecular flexibility index (Phi) is 6.04. The fourth-order valence-corrected chi connectivity index (χ4v) is 3.24. The Morgan fingerprint density at radius 2 is 1.59 bits per heavy atom. The molecule has 0 aromatic heterocycles. The summed E-state index contributed by atoms with van der Waals surface area (Å²) in [5.41, 5.74) is 0.438. The van der Waals surface area contributed by atoms with Crippen molar-refractivity contribution in [2.45, 2.75) is 50.6 Å². The largest absolute Gasteiger partial charge is 0.416 e. The SMILES string of the molecule is FC/C=C/CCC1CCC(c2ccc(C(F)(F)F)cc2)CC1. The third-order valence-electron chi connectivity index (χ3n) is 4.55. The second-order valence-electron chi connectivity index (χ2n) is 6.04. The van der Waals surface area contributed by atoms with Crippen LogP contribution in [0.1, 0.15) is 55.6 Å². The predicted octanol–water partition coefficient (Wildman–Crippen LogP) is 6.29. The first-order valence-electron chi connectivity index (χ1n) is 7.89. The first-order valence-corrected chi connectivity index (χ1v) is 7.89. The molecule has 0 bridgehead atoms. The van der Waals surface area contributed by atoms with Crippen molar-refractivity contribution in [3.05, 3.63) is 47.5 Å². The van der Waals surface area contributed by atoms with Crippen LogP contribution in [0, 0.1) is 5.92 Å². The normalized spacial score (nSPS) is 23.1. The summed E-state index contributed by atoms with van der Waals surface area (Å²) in [5, 5.41) is 0. The minimum absolute atomic E-state index is 0.375. The molecule has 4 heteroatoms.